The number of nitrogens with one attached hydrogen (secondary N) is 1. The zero-order valence-corrected chi connectivity index (χ0v) is 12.3. The molecule has 1 atom stereocenters. The van der Waals surface area contributed by atoms with Crippen LogP contribution in [0, 0.1) is 0 Å². The van der Waals surface area contributed by atoms with Gasteiger partial charge in [0.1, 0.15) is 0 Å². The summed E-state index contributed by atoms with van der Waals surface area (Å²) in [5.41, 5.74) is 1.62. The molecule has 0 radical (unpaired) electrons. The summed E-state index contributed by atoms with van der Waals surface area (Å²) in [7, 11) is 0. The van der Waals surface area contributed by atoms with Crippen LogP contribution in [-0.4, -0.2) is 29.8 Å². The van der Waals surface area contributed by atoms with E-state index >= 15 is 0 Å². The van der Waals surface area contributed by atoms with Crippen molar-refractivity contribution in [2.45, 2.75) is 43.9 Å². The van der Waals surface area contributed by atoms with Crippen LogP contribution >= 0.6 is 23.1 Å². The molecule has 3 heterocycles. The topological polar surface area (TPSA) is 21.3 Å². The van der Waals surface area contributed by atoms with Gasteiger partial charge in [-0.2, -0.15) is 23.1 Å². The van der Waals surface area contributed by atoms with E-state index in [1.807, 2.05) is 0 Å². The predicted octanol–water partition coefficient (Wildman–Crippen LogP) is 3.28. The molecular formula is C14H21NOS2. The number of rotatable bonds is 3. The first-order valence-corrected chi connectivity index (χ1v) is 8.92. The van der Waals surface area contributed by atoms with Crippen molar-refractivity contribution in [2.75, 3.05) is 18.1 Å². The van der Waals surface area contributed by atoms with Crippen LogP contribution in [0.4, 0.5) is 0 Å². The Bertz CT molecular complexity index is 354. The van der Waals surface area contributed by atoms with Gasteiger partial charge >= 0.3 is 0 Å². The van der Waals surface area contributed by atoms with E-state index in [-0.39, 0.29) is 5.60 Å². The van der Waals surface area contributed by atoms with E-state index in [9.17, 15) is 0 Å². The van der Waals surface area contributed by atoms with Crippen molar-refractivity contribution in [3.8, 4) is 0 Å². The zero-order chi connectivity index (χ0) is 12.3. The van der Waals surface area contributed by atoms with Crippen molar-refractivity contribution in [3.63, 3.8) is 0 Å². The molecule has 2 aliphatic rings. The SMILES string of the molecule is c1cc(CNC2CCOC3(CCSCC3)C2)cs1. The average molecular weight is 283 g/mol. The number of hydrogen-bond acceptors (Lipinski definition) is 4. The second-order valence-corrected chi connectivity index (χ2v) is 7.35. The lowest BCUT2D eigenvalue weighted by molar-refractivity contribution is -0.0933. The predicted molar refractivity (Wildman–Crippen MR) is 79.4 cm³/mol. The fourth-order valence-corrected chi connectivity index (χ4v) is 4.85. The van der Waals surface area contributed by atoms with Crippen molar-refractivity contribution < 1.29 is 4.74 Å². The third-order valence-electron chi connectivity index (χ3n) is 4.07. The fourth-order valence-electron chi connectivity index (χ4n) is 2.95. The van der Waals surface area contributed by atoms with E-state index in [0.717, 1.165) is 13.2 Å². The van der Waals surface area contributed by atoms with E-state index in [4.69, 9.17) is 4.74 Å². The van der Waals surface area contributed by atoms with Crippen LogP contribution in [0.1, 0.15) is 31.2 Å². The molecule has 2 fully saturated rings. The number of thioether (sulfide) groups is 1. The molecule has 4 heteroatoms. The molecule has 1 aromatic rings. The first-order chi connectivity index (χ1) is 8.86. The Morgan fingerprint density at radius 3 is 3.06 bits per heavy atom. The lowest BCUT2D eigenvalue weighted by Gasteiger charge is -2.43. The van der Waals surface area contributed by atoms with Gasteiger partial charge < -0.3 is 10.1 Å². The maximum absolute atomic E-state index is 6.12. The molecule has 0 aromatic carbocycles. The van der Waals surface area contributed by atoms with Crippen molar-refractivity contribution in [1.29, 1.82) is 0 Å². The highest BCUT2D eigenvalue weighted by Crippen LogP contribution is 2.37. The van der Waals surface area contributed by atoms with E-state index in [2.05, 4.69) is 33.9 Å². The minimum absolute atomic E-state index is 0.204. The van der Waals surface area contributed by atoms with Crippen molar-refractivity contribution in [1.82, 2.24) is 5.32 Å². The van der Waals surface area contributed by atoms with Gasteiger partial charge in [0.05, 0.1) is 5.60 Å². The van der Waals surface area contributed by atoms with Crippen LogP contribution < -0.4 is 5.32 Å². The summed E-state index contributed by atoms with van der Waals surface area (Å²) >= 11 is 3.86. The van der Waals surface area contributed by atoms with Crippen LogP contribution in [-0.2, 0) is 11.3 Å². The third-order valence-corrected chi connectivity index (χ3v) is 5.79. The van der Waals surface area contributed by atoms with Gasteiger partial charge in [0, 0.05) is 19.2 Å². The molecule has 0 saturated carbocycles. The van der Waals surface area contributed by atoms with Gasteiger partial charge in [-0.3, -0.25) is 0 Å². The summed E-state index contributed by atoms with van der Waals surface area (Å²) in [5.74, 6) is 2.55. The Morgan fingerprint density at radius 2 is 2.28 bits per heavy atom. The third kappa shape index (κ3) is 3.10. The van der Waals surface area contributed by atoms with E-state index in [1.54, 1.807) is 11.3 Å². The molecule has 2 nitrogen and oxygen atoms in total. The minimum atomic E-state index is 0.204. The summed E-state index contributed by atoms with van der Waals surface area (Å²) in [6, 6.07) is 2.85. The molecule has 2 saturated heterocycles. The quantitative estimate of drug-likeness (QED) is 0.920. The highest BCUT2D eigenvalue weighted by molar-refractivity contribution is 7.99. The van der Waals surface area contributed by atoms with Crippen molar-refractivity contribution >= 4 is 23.1 Å². The Kier molecular flexibility index (Phi) is 4.29. The molecule has 0 amide bonds. The minimum Gasteiger partial charge on any atom is -0.375 e. The van der Waals surface area contributed by atoms with E-state index < -0.39 is 0 Å². The monoisotopic (exact) mass is 283 g/mol. The number of hydrogen-bond donors (Lipinski definition) is 1. The Hall–Kier alpha value is -0.0300. The maximum Gasteiger partial charge on any atom is 0.0713 e. The molecule has 1 spiro atoms. The summed E-state index contributed by atoms with van der Waals surface area (Å²) in [5, 5.41) is 8.10. The first kappa shape index (κ1) is 13.0. The average Bonchev–Trinajstić information content (AvgIpc) is 2.91. The highest BCUT2D eigenvalue weighted by atomic mass is 32.2. The molecule has 1 aromatic heterocycles. The largest absolute Gasteiger partial charge is 0.375 e. The molecule has 3 rings (SSSR count). The van der Waals surface area contributed by atoms with Crippen LogP contribution in [0.15, 0.2) is 16.8 Å². The number of thiophene rings is 1. The second-order valence-electron chi connectivity index (χ2n) is 5.35. The Balaban J connectivity index is 1.53. The normalized spacial score (nSPS) is 27.4. The van der Waals surface area contributed by atoms with Gasteiger partial charge in [0.25, 0.3) is 0 Å². The number of ether oxygens (including phenoxy) is 1. The Morgan fingerprint density at radius 1 is 1.39 bits per heavy atom. The van der Waals surface area contributed by atoms with Gasteiger partial charge in [-0.15, -0.1) is 0 Å². The van der Waals surface area contributed by atoms with Crippen LogP contribution in [0.3, 0.4) is 0 Å². The maximum atomic E-state index is 6.12. The molecular weight excluding hydrogens is 262 g/mol. The first-order valence-electron chi connectivity index (χ1n) is 6.83. The lowest BCUT2D eigenvalue weighted by Crippen LogP contribution is -2.48. The smallest absolute Gasteiger partial charge is 0.0713 e. The molecule has 1 unspecified atom stereocenters. The van der Waals surface area contributed by atoms with Crippen molar-refractivity contribution in [3.05, 3.63) is 22.4 Å². The van der Waals surface area contributed by atoms with Gasteiger partial charge in [0.2, 0.25) is 0 Å². The van der Waals surface area contributed by atoms with Crippen molar-refractivity contribution in [2.24, 2.45) is 0 Å². The van der Waals surface area contributed by atoms with Crippen LogP contribution in [0.5, 0.6) is 0 Å². The molecule has 2 aliphatic heterocycles. The summed E-state index contributed by atoms with van der Waals surface area (Å²) in [6.07, 6.45) is 4.86. The molecule has 18 heavy (non-hydrogen) atoms. The van der Waals surface area contributed by atoms with Crippen LogP contribution in [0.25, 0.3) is 0 Å². The highest BCUT2D eigenvalue weighted by Gasteiger charge is 2.38. The van der Waals surface area contributed by atoms with E-state index in [1.165, 1.54) is 42.8 Å². The van der Waals surface area contributed by atoms with Gasteiger partial charge in [-0.25, -0.2) is 0 Å². The molecule has 1 N–H and O–H groups in total. The van der Waals surface area contributed by atoms with Gasteiger partial charge in [0.15, 0.2) is 0 Å². The molecule has 0 aliphatic carbocycles. The second kappa shape index (κ2) is 5.95. The summed E-state index contributed by atoms with van der Waals surface area (Å²) < 4.78 is 6.12. The van der Waals surface area contributed by atoms with Gasteiger partial charge in [-0.1, -0.05) is 0 Å². The molecule has 100 valence electrons. The van der Waals surface area contributed by atoms with E-state index in [0.29, 0.717) is 6.04 Å². The molecule has 0 bridgehead atoms. The van der Waals surface area contributed by atoms with Crippen LogP contribution in [0.2, 0.25) is 0 Å². The zero-order valence-electron chi connectivity index (χ0n) is 10.7. The standard InChI is InChI=1S/C14H21NOS2/c1-5-16-14(3-7-17-8-4-14)9-13(1)15-10-12-2-6-18-11-12/h2,6,11,13,15H,1,3-5,7-10H2. The fraction of sp³-hybridized carbons (Fsp3) is 0.714. The Labute approximate surface area is 117 Å². The summed E-state index contributed by atoms with van der Waals surface area (Å²) in [6.45, 7) is 1.95. The van der Waals surface area contributed by atoms with Gasteiger partial charge in [-0.05, 0) is 59.6 Å². The lowest BCUT2D eigenvalue weighted by atomic mass is 9.85. The summed E-state index contributed by atoms with van der Waals surface area (Å²) in [4.78, 5) is 0.